The van der Waals surface area contributed by atoms with Crippen molar-refractivity contribution in [3.63, 3.8) is 0 Å². The van der Waals surface area contributed by atoms with Crippen LogP contribution in [0.5, 0.6) is 0 Å². The number of nitrogens with zero attached hydrogens (tertiary/aromatic N) is 1. The van der Waals surface area contributed by atoms with Crippen molar-refractivity contribution in [1.29, 1.82) is 0 Å². The Morgan fingerprint density at radius 2 is 1.53 bits per heavy atom. The molecule has 86 valence electrons. The SMILES string of the molecule is O=S(c1ccccc1)c1ccc(/C=N/O)cc1. The summed E-state index contributed by atoms with van der Waals surface area (Å²) < 4.78 is 12.1. The average Bonchev–Trinajstić information content (AvgIpc) is 2.40. The molecule has 0 amide bonds. The molecule has 0 saturated carbocycles. The first kappa shape index (κ1) is 11.5. The molecule has 0 bridgehead atoms. The molecule has 1 atom stereocenters. The molecule has 0 fully saturated rings. The predicted molar refractivity (Wildman–Crippen MR) is 66.9 cm³/mol. The Kier molecular flexibility index (Phi) is 3.67. The van der Waals surface area contributed by atoms with Crippen molar-refractivity contribution in [1.82, 2.24) is 0 Å². The molecule has 0 radical (unpaired) electrons. The van der Waals surface area contributed by atoms with E-state index < -0.39 is 10.8 Å². The summed E-state index contributed by atoms with van der Waals surface area (Å²) in [6.45, 7) is 0. The normalized spacial score (nSPS) is 12.7. The molecule has 2 aromatic carbocycles. The summed E-state index contributed by atoms with van der Waals surface area (Å²) in [6.07, 6.45) is 1.33. The van der Waals surface area contributed by atoms with E-state index in [1.54, 1.807) is 24.3 Å². The predicted octanol–water partition coefficient (Wildman–Crippen LogP) is 2.66. The molecule has 0 saturated heterocycles. The monoisotopic (exact) mass is 245 g/mol. The van der Waals surface area contributed by atoms with E-state index in [0.717, 1.165) is 15.4 Å². The highest BCUT2D eigenvalue weighted by molar-refractivity contribution is 7.85. The zero-order valence-electron chi connectivity index (χ0n) is 8.98. The fraction of sp³-hybridized carbons (Fsp3) is 0. The quantitative estimate of drug-likeness (QED) is 0.513. The molecule has 0 heterocycles. The Morgan fingerprint density at radius 3 is 2.12 bits per heavy atom. The van der Waals surface area contributed by atoms with Crippen molar-refractivity contribution in [3.8, 4) is 0 Å². The van der Waals surface area contributed by atoms with Gasteiger partial charge in [0, 0.05) is 9.79 Å². The molecule has 0 aromatic heterocycles. The largest absolute Gasteiger partial charge is 0.411 e. The summed E-state index contributed by atoms with van der Waals surface area (Å²) in [5.41, 5.74) is 0.765. The van der Waals surface area contributed by atoms with E-state index in [4.69, 9.17) is 5.21 Å². The first-order valence-corrected chi connectivity index (χ1v) is 6.20. The number of benzene rings is 2. The van der Waals surface area contributed by atoms with Gasteiger partial charge in [-0.25, -0.2) is 4.21 Å². The van der Waals surface area contributed by atoms with Crippen LogP contribution in [-0.4, -0.2) is 15.6 Å². The van der Waals surface area contributed by atoms with Crippen molar-refractivity contribution >= 4 is 17.0 Å². The van der Waals surface area contributed by atoms with Gasteiger partial charge in [0.15, 0.2) is 0 Å². The van der Waals surface area contributed by atoms with Gasteiger partial charge < -0.3 is 5.21 Å². The van der Waals surface area contributed by atoms with Gasteiger partial charge in [-0.15, -0.1) is 0 Å². The minimum Gasteiger partial charge on any atom is -0.411 e. The van der Waals surface area contributed by atoms with Crippen LogP contribution in [0.2, 0.25) is 0 Å². The lowest BCUT2D eigenvalue weighted by atomic mass is 10.2. The third kappa shape index (κ3) is 2.79. The Balaban J connectivity index is 2.26. The van der Waals surface area contributed by atoms with Crippen molar-refractivity contribution < 1.29 is 9.42 Å². The summed E-state index contributed by atoms with van der Waals surface area (Å²) in [5.74, 6) is 0. The Hall–Kier alpha value is -1.94. The molecule has 4 heteroatoms. The minimum atomic E-state index is -1.17. The first-order valence-electron chi connectivity index (χ1n) is 5.05. The smallest absolute Gasteiger partial charge is 0.0849 e. The van der Waals surface area contributed by atoms with Crippen LogP contribution in [0.1, 0.15) is 5.56 Å². The zero-order chi connectivity index (χ0) is 12.1. The van der Waals surface area contributed by atoms with Crippen LogP contribution in [-0.2, 0) is 10.8 Å². The Labute approximate surface area is 102 Å². The van der Waals surface area contributed by atoms with Gasteiger partial charge in [0.05, 0.1) is 17.0 Å². The standard InChI is InChI=1S/C13H11NO2S/c15-14-10-11-6-8-13(9-7-11)17(16)12-4-2-1-3-5-12/h1-10,15H/b14-10+. The summed E-state index contributed by atoms with van der Waals surface area (Å²) in [5, 5.41) is 11.3. The lowest BCUT2D eigenvalue weighted by molar-refractivity contribution is 0.322. The van der Waals surface area contributed by atoms with Crippen molar-refractivity contribution in [3.05, 3.63) is 60.2 Å². The molecule has 2 rings (SSSR count). The maximum Gasteiger partial charge on any atom is 0.0849 e. The van der Waals surface area contributed by atoms with Crippen LogP contribution in [0, 0.1) is 0 Å². The van der Waals surface area contributed by atoms with E-state index in [2.05, 4.69) is 5.16 Å². The van der Waals surface area contributed by atoms with Gasteiger partial charge in [-0.2, -0.15) is 0 Å². The molecule has 0 aliphatic carbocycles. The van der Waals surface area contributed by atoms with Crippen LogP contribution in [0.25, 0.3) is 0 Å². The summed E-state index contributed by atoms with van der Waals surface area (Å²) in [6, 6.07) is 16.3. The second-order valence-electron chi connectivity index (χ2n) is 3.40. The van der Waals surface area contributed by atoms with Crippen LogP contribution >= 0.6 is 0 Å². The van der Waals surface area contributed by atoms with E-state index in [9.17, 15) is 4.21 Å². The molecule has 0 aliphatic heterocycles. The third-order valence-electron chi connectivity index (χ3n) is 2.26. The highest BCUT2D eigenvalue weighted by Crippen LogP contribution is 2.16. The van der Waals surface area contributed by atoms with Gasteiger partial charge in [0.1, 0.15) is 0 Å². The molecule has 0 aliphatic rings. The van der Waals surface area contributed by atoms with Crippen molar-refractivity contribution in [2.75, 3.05) is 0 Å². The second-order valence-corrected chi connectivity index (χ2v) is 4.88. The third-order valence-corrected chi connectivity index (χ3v) is 3.66. The van der Waals surface area contributed by atoms with Gasteiger partial charge >= 0.3 is 0 Å². The fourth-order valence-electron chi connectivity index (χ4n) is 1.42. The van der Waals surface area contributed by atoms with Crippen molar-refractivity contribution in [2.24, 2.45) is 5.16 Å². The highest BCUT2D eigenvalue weighted by Gasteiger charge is 2.05. The molecule has 1 N–H and O–H groups in total. The van der Waals surface area contributed by atoms with Gasteiger partial charge in [0.25, 0.3) is 0 Å². The van der Waals surface area contributed by atoms with E-state index in [1.165, 1.54) is 6.21 Å². The molecule has 3 nitrogen and oxygen atoms in total. The average molecular weight is 245 g/mol. The summed E-state index contributed by atoms with van der Waals surface area (Å²) >= 11 is 0. The lowest BCUT2D eigenvalue weighted by Gasteiger charge is -2.02. The number of rotatable bonds is 3. The first-order chi connectivity index (χ1) is 8.31. The van der Waals surface area contributed by atoms with Crippen LogP contribution in [0.4, 0.5) is 0 Å². The minimum absolute atomic E-state index is 0.728. The summed E-state index contributed by atoms with van der Waals surface area (Å²) in [7, 11) is -1.17. The van der Waals surface area contributed by atoms with Crippen LogP contribution in [0.15, 0.2) is 69.5 Å². The van der Waals surface area contributed by atoms with E-state index in [0.29, 0.717) is 0 Å². The van der Waals surface area contributed by atoms with E-state index >= 15 is 0 Å². The Bertz CT molecular complexity index is 535. The van der Waals surface area contributed by atoms with E-state index in [-0.39, 0.29) is 0 Å². The van der Waals surface area contributed by atoms with Gasteiger partial charge in [-0.1, -0.05) is 35.5 Å². The van der Waals surface area contributed by atoms with Crippen molar-refractivity contribution in [2.45, 2.75) is 9.79 Å². The molecule has 1 unspecified atom stereocenters. The summed E-state index contributed by atoms with van der Waals surface area (Å²) in [4.78, 5) is 1.50. The van der Waals surface area contributed by atoms with Gasteiger partial charge in [0.2, 0.25) is 0 Å². The van der Waals surface area contributed by atoms with Gasteiger partial charge in [-0.05, 0) is 29.8 Å². The van der Waals surface area contributed by atoms with Crippen LogP contribution < -0.4 is 0 Å². The Morgan fingerprint density at radius 1 is 0.941 bits per heavy atom. The maximum absolute atomic E-state index is 12.1. The number of hydrogen-bond donors (Lipinski definition) is 1. The van der Waals surface area contributed by atoms with Crippen LogP contribution in [0.3, 0.4) is 0 Å². The second kappa shape index (κ2) is 5.41. The molecule has 17 heavy (non-hydrogen) atoms. The molecular weight excluding hydrogens is 234 g/mol. The number of hydrogen-bond acceptors (Lipinski definition) is 3. The van der Waals surface area contributed by atoms with Gasteiger partial charge in [-0.3, -0.25) is 0 Å². The lowest BCUT2D eigenvalue weighted by Crippen LogP contribution is -1.92. The maximum atomic E-state index is 12.1. The van der Waals surface area contributed by atoms with E-state index in [1.807, 2.05) is 30.3 Å². The number of oxime groups is 1. The highest BCUT2D eigenvalue weighted by atomic mass is 32.2. The molecule has 0 spiro atoms. The molecular formula is C13H11NO2S. The zero-order valence-corrected chi connectivity index (χ0v) is 9.80. The fourth-order valence-corrected chi connectivity index (χ4v) is 2.48. The topological polar surface area (TPSA) is 49.7 Å². The molecule has 2 aromatic rings.